The van der Waals surface area contributed by atoms with Gasteiger partial charge in [-0.05, 0) is 43.7 Å². The number of sulfonamides is 1. The highest BCUT2D eigenvalue weighted by Crippen LogP contribution is 2.33. The fraction of sp³-hybridized carbons (Fsp3) is 0.619. The summed E-state index contributed by atoms with van der Waals surface area (Å²) < 4.78 is 43.6. The molecule has 1 heterocycles. The van der Waals surface area contributed by atoms with Crippen molar-refractivity contribution in [1.29, 1.82) is 0 Å². The molecule has 31 heavy (non-hydrogen) atoms. The number of methoxy groups -OCH3 is 1. The maximum Gasteiger partial charge on any atom is 0.331 e. The molecule has 0 radical (unpaired) electrons. The van der Waals surface area contributed by atoms with E-state index in [1.807, 2.05) is 0 Å². The molecule has 2 aliphatic rings. The average molecular weight is 455 g/mol. The molecule has 0 saturated heterocycles. The summed E-state index contributed by atoms with van der Waals surface area (Å²) in [5.74, 6) is 0.508. The van der Waals surface area contributed by atoms with Crippen LogP contribution in [0.1, 0.15) is 45.4 Å². The molecule has 9 nitrogen and oxygen atoms in total. The lowest BCUT2D eigenvalue weighted by Crippen LogP contribution is -2.57. The highest BCUT2D eigenvalue weighted by molar-refractivity contribution is 7.89. The van der Waals surface area contributed by atoms with Gasteiger partial charge in [0, 0.05) is 25.5 Å². The van der Waals surface area contributed by atoms with Crippen LogP contribution in [-0.4, -0.2) is 52.7 Å². The number of rotatable bonds is 7. The van der Waals surface area contributed by atoms with E-state index in [1.54, 1.807) is 6.07 Å². The fourth-order valence-electron chi connectivity index (χ4n) is 3.85. The number of fused-ring (bicyclic) bond motifs is 1. The van der Waals surface area contributed by atoms with Crippen LogP contribution in [0.4, 0.5) is 0 Å². The minimum absolute atomic E-state index is 0.0319. The van der Waals surface area contributed by atoms with Gasteiger partial charge in [-0.2, -0.15) is 0 Å². The quantitative estimate of drug-likeness (QED) is 0.602. The van der Waals surface area contributed by atoms with Crippen molar-refractivity contribution in [1.82, 2.24) is 10.0 Å². The monoisotopic (exact) mass is 454 g/mol. The van der Waals surface area contributed by atoms with Crippen molar-refractivity contribution >= 4 is 21.9 Å². The largest absolute Gasteiger partial charge is 0.490 e. The SMILES string of the molecule is COC(=O)C1(NC(=O)CCNS(=O)(=O)c2ccc3c(c2)OCCCO3)CCC(C)CC1. The van der Waals surface area contributed by atoms with Crippen LogP contribution in [0.2, 0.25) is 0 Å². The summed E-state index contributed by atoms with van der Waals surface area (Å²) in [7, 11) is -2.53. The first-order chi connectivity index (χ1) is 14.8. The van der Waals surface area contributed by atoms with Gasteiger partial charge in [0.15, 0.2) is 11.5 Å². The van der Waals surface area contributed by atoms with Gasteiger partial charge in [0.2, 0.25) is 15.9 Å². The standard InChI is InChI=1S/C21H30N2O7S/c1-15-6-9-21(10-7-15,20(25)28-2)23-19(24)8-11-22-31(26,27)16-4-5-17-18(14-16)30-13-3-12-29-17/h4-5,14-15,22H,3,6-13H2,1-2H3,(H,23,24). The predicted molar refractivity (Wildman–Crippen MR) is 112 cm³/mol. The summed E-state index contributed by atoms with van der Waals surface area (Å²) in [6.07, 6.45) is 3.26. The van der Waals surface area contributed by atoms with Gasteiger partial charge in [0.05, 0.1) is 25.2 Å². The van der Waals surface area contributed by atoms with Gasteiger partial charge in [-0.3, -0.25) is 4.79 Å². The number of amides is 1. The first-order valence-corrected chi connectivity index (χ1v) is 12.0. The topological polar surface area (TPSA) is 120 Å². The highest BCUT2D eigenvalue weighted by Gasteiger charge is 2.43. The lowest BCUT2D eigenvalue weighted by atomic mass is 9.77. The summed E-state index contributed by atoms with van der Waals surface area (Å²) in [6, 6.07) is 4.41. The molecule has 172 valence electrons. The van der Waals surface area contributed by atoms with Gasteiger partial charge < -0.3 is 19.5 Å². The molecule has 1 aliphatic carbocycles. The molecule has 1 saturated carbocycles. The zero-order valence-corrected chi connectivity index (χ0v) is 18.8. The number of ether oxygens (including phenoxy) is 3. The molecular weight excluding hydrogens is 424 g/mol. The Morgan fingerprint density at radius 3 is 2.52 bits per heavy atom. The number of carbonyl (C=O) groups excluding carboxylic acids is 2. The van der Waals surface area contributed by atoms with Crippen LogP contribution < -0.4 is 19.5 Å². The van der Waals surface area contributed by atoms with E-state index in [0.717, 1.165) is 19.3 Å². The van der Waals surface area contributed by atoms with Crippen LogP contribution in [0.5, 0.6) is 11.5 Å². The maximum atomic E-state index is 12.6. The number of carbonyl (C=O) groups is 2. The van der Waals surface area contributed by atoms with Crippen molar-refractivity contribution in [2.45, 2.75) is 55.9 Å². The molecule has 3 rings (SSSR count). The minimum Gasteiger partial charge on any atom is -0.490 e. The Labute approximate surface area is 182 Å². The van der Waals surface area contributed by atoms with E-state index in [0.29, 0.717) is 43.5 Å². The van der Waals surface area contributed by atoms with Gasteiger partial charge >= 0.3 is 5.97 Å². The van der Waals surface area contributed by atoms with E-state index in [4.69, 9.17) is 14.2 Å². The van der Waals surface area contributed by atoms with Gasteiger partial charge in [-0.25, -0.2) is 17.9 Å². The number of nitrogens with one attached hydrogen (secondary N) is 2. The molecule has 1 amide bonds. The molecule has 1 aromatic rings. The summed E-state index contributed by atoms with van der Waals surface area (Å²) in [4.78, 5) is 24.8. The number of hydrogen-bond donors (Lipinski definition) is 2. The van der Waals surface area contributed by atoms with Crippen molar-refractivity contribution in [2.75, 3.05) is 26.9 Å². The summed E-state index contributed by atoms with van der Waals surface area (Å²) in [6.45, 7) is 2.97. The molecule has 10 heteroatoms. The third-order valence-electron chi connectivity index (χ3n) is 5.76. The second kappa shape index (κ2) is 9.86. The molecule has 0 aromatic heterocycles. The van der Waals surface area contributed by atoms with Crippen LogP contribution >= 0.6 is 0 Å². The average Bonchev–Trinajstić information content (AvgIpc) is 2.99. The smallest absolute Gasteiger partial charge is 0.331 e. The van der Waals surface area contributed by atoms with Crippen molar-refractivity contribution in [2.24, 2.45) is 5.92 Å². The van der Waals surface area contributed by atoms with E-state index < -0.39 is 27.4 Å². The van der Waals surface area contributed by atoms with Gasteiger partial charge in [-0.15, -0.1) is 0 Å². The first-order valence-electron chi connectivity index (χ1n) is 10.5. The van der Waals surface area contributed by atoms with Gasteiger partial charge in [-0.1, -0.05) is 6.92 Å². The highest BCUT2D eigenvalue weighted by atomic mass is 32.2. The Morgan fingerprint density at radius 2 is 1.84 bits per heavy atom. The molecule has 0 bridgehead atoms. The second-order valence-corrected chi connectivity index (χ2v) is 9.88. The van der Waals surface area contributed by atoms with Crippen molar-refractivity contribution in [3.63, 3.8) is 0 Å². The van der Waals surface area contributed by atoms with E-state index >= 15 is 0 Å². The molecular formula is C21H30N2O7S. The Kier molecular flexibility index (Phi) is 7.42. The summed E-state index contributed by atoms with van der Waals surface area (Å²) in [5, 5.41) is 2.79. The van der Waals surface area contributed by atoms with E-state index in [1.165, 1.54) is 19.2 Å². The molecule has 1 fully saturated rings. The number of benzene rings is 1. The van der Waals surface area contributed by atoms with Gasteiger partial charge in [0.1, 0.15) is 5.54 Å². The Bertz CT molecular complexity index is 908. The number of hydrogen-bond acceptors (Lipinski definition) is 7. The van der Waals surface area contributed by atoms with Crippen molar-refractivity contribution < 1.29 is 32.2 Å². The molecule has 2 N–H and O–H groups in total. The Morgan fingerprint density at radius 1 is 1.16 bits per heavy atom. The third-order valence-corrected chi connectivity index (χ3v) is 7.21. The molecule has 0 atom stereocenters. The zero-order valence-electron chi connectivity index (χ0n) is 17.9. The van der Waals surface area contributed by atoms with Crippen LogP contribution in [0, 0.1) is 5.92 Å². The predicted octanol–water partition coefficient (Wildman–Crippen LogP) is 1.75. The zero-order chi connectivity index (χ0) is 22.5. The Hall–Kier alpha value is -2.33. The molecule has 0 spiro atoms. The fourth-order valence-corrected chi connectivity index (χ4v) is 4.90. The van der Waals surface area contributed by atoms with Crippen LogP contribution in [0.25, 0.3) is 0 Å². The third kappa shape index (κ3) is 5.68. The van der Waals surface area contributed by atoms with Gasteiger partial charge in [0.25, 0.3) is 0 Å². The Balaban J connectivity index is 1.58. The van der Waals surface area contributed by atoms with Crippen LogP contribution in [-0.2, 0) is 24.3 Å². The van der Waals surface area contributed by atoms with E-state index in [-0.39, 0.29) is 17.9 Å². The molecule has 1 aliphatic heterocycles. The molecule has 0 unspecified atom stereocenters. The second-order valence-electron chi connectivity index (χ2n) is 8.11. The van der Waals surface area contributed by atoms with E-state index in [9.17, 15) is 18.0 Å². The van der Waals surface area contributed by atoms with Crippen LogP contribution in [0.15, 0.2) is 23.1 Å². The normalized spacial score (nSPS) is 23.5. The summed E-state index contributed by atoms with van der Waals surface area (Å²) in [5.41, 5.74) is -1.04. The minimum atomic E-state index is -3.84. The number of esters is 1. The van der Waals surface area contributed by atoms with Crippen molar-refractivity contribution in [3.05, 3.63) is 18.2 Å². The van der Waals surface area contributed by atoms with E-state index in [2.05, 4.69) is 17.0 Å². The lowest BCUT2D eigenvalue weighted by Gasteiger charge is -2.37. The molecule has 1 aromatic carbocycles. The first kappa shape index (κ1) is 23.3. The van der Waals surface area contributed by atoms with Crippen molar-refractivity contribution in [3.8, 4) is 11.5 Å². The summed E-state index contributed by atoms with van der Waals surface area (Å²) >= 11 is 0. The van der Waals surface area contributed by atoms with Crippen LogP contribution in [0.3, 0.4) is 0 Å². The maximum absolute atomic E-state index is 12.6. The lowest BCUT2D eigenvalue weighted by molar-refractivity contribution is -0.153.